The molecule has 1 aromatic heterocycles. The normalized spacial score (nSPS) is 16.1. The number of aromatic amines is 1. The monoisotopic (exact) mass is 328 g/mol. The summed E-state index contributed by atoms with van der Waals surface area (Å²) in [6.45, 7) is 2.01. The van der Waals surface area contributed by atoms with Gasteiger partial charge in [-0.3, -0.25) is 5.10 Å². The van der Waals surface area contributed by atoms with Gasteiger partial charge in [0.15, 0.2) is 0 Å². The molecule has 1 aliphatic rings. The number of hydrogen-bond donors (Lipinski definition) is 3. The van der Waals surface area contributed by atoms with Crippen LogP contribution in [0.15, 0.2) is 18.2 Å². The van der Waals surface area contributed by atoms with E-state index in [0.717, 1.165) is 31.7 Å². The van der Waals surface area contributed by atoms with Crippen LogP contribution in [0.25, 0.3) is 11.3 Å². The quantitative estimate of drug-likeness (QED) is 0.753. The number of nitrogens with one attached hydrogen (secondary N) is 3. The zero-order valence-corrected chi connectivity index (χ0v) is 12.7. The van der Waals surface area contributed by atoms with Gasteiger partial charge in [0, 0.05) is 17.7 Å². The second kappa shape index (κ2) is 6.22. The first-order valence-corrected chi connectivity index (χ1v) is 7.56. The van der Waals surface area contributed by atoms with Gasteiger partial charge in [0.1, 0.15) is 11.6 Å². The van der Waals surface area contributed by atoms with Crippen LogP contribution in [0.3, 0.4) is 0 Å². The van der Waals surface area contributed by atoms with Crippen LogP contribution in [-0.4, -0.2) is 29.3 Å². The molecule has 112 valence electrons. The molecule has 3 rings (SSSR count). The van der Waals surface area contributed by atoms with Crippen LogP contribution in [0.1, 0.15) is 12.8 Å². The van der Waals surface area contributed by atoms with Gasteiger partial charge in [0.25, 0.3) is 0 Å². The van der Waals surface area contributed by atoms with Crippen molar-refractivity contribution in [1.29, 1.82) is 0 Å². The van der Waals surface area contributed by atoms with Gasteiger partial charge < -0.3 is 10.6 Å². The third-order valence-electron chi connectivity index (χ3n) is 3.57. The number of H-pyrrole nitrogens is 1. The third-order valence-corrected chi connectivity index (χ3v) is 4.17. The van der Waals surface area contributed by atoms with E-state index in [0.29, 0.717) is 22.3 Å². The predicted molar refractivity (Wildman–Crippen MR) is 83.5 cm³/mol. The highest BCUT2D eigenvalue weighted by atomic mass is 35.5. The molecule has 0 saturated carbocycles. The molecule has 0 radical (unpaired) electrons. The molecule has 7 heteroatoms. The van der Waals surface area contributed by atoms with Crippen molar-refractivity contribution < 1.29 is 4.39 Å². The Morgan fingerprint density at radius 1 is 1.14 bits per heavy atom. The lowest BCUT2D eigenvalue weighted by Gasteiger charge is -2.23. The van der Waals surface area contributed by atoms with Gasteiger partial charge in [-0.25, -0.2) is 4.39 Å². The van der Waals surface area contributed by atoms with Gasteiger partial charge in [-0.1, -0.05) is 23.2 Å². The minimum Gasteiger partial charge on any atom is -0.366 e. The first kappa shape index (κ1) is 14.6. The minimum absolute atomic E-state index is 0.0105. The first-order valence-electron chi connectivity index (χ1n) is 6.81. The Balaban J connectivity index is 1.79. The first-order chi connectivity index (χ1) is 10.1. The highest BCUT2D eigenvalue weighted by molar-refractivity contribution is 6.36. The Hall–Kier alpha value is -1.30. The number of halogens is 3. The van der Waals surface area contributed by atoms with E-state index in [9.17, 15) is 4.39 Å². The minimum atomic E-state index is -0.501. The van der Waals surface area contributed by atoms with E-state index >= 15 is 0 Å². The zero-order valence-electron chi connectivity index (χ0n) is 11.2. The summed E-state index contributed by atoms with van der Waals surface area (Å²) >= 11 is 11.8. The van der Waals surface area contributed by atoms with Crippen LogP contribution in [0.2, 0.25) is 10.0 Å². The standard InChI is InChI=1S/C14H15Cl2FN4/c15-10-6-11(16)12(17)5-9(10)13-7-14(21-20-13)19-8-1-3-18-4-2-8/h5-8,18H,1-4H2,(H2,19,20,21). The molecule has 2 aromatic rings. The molecule has 3 N–H and O–H groups in total. The number of anilines is 1. The van der Waals surface area contributed by atoms with E-state index in [1.165, 1.54) is 12.1 Å². The molecule has 1 aliphatic heterocycles. The maximum atomic E-state index is 13.6. The summed E-state index contributed by atoms with van der Waals surface area (Å²) in [5.74, 6) is 0.238. The van der Waals surface area contributed by atoms with Crippen LogP contribution in [0, 0.1) is 5.82 Å². The molecule has 1 fully saturated rings. The predicted octanol–water partition coefficient (Wildman–Crippen LogP) is 3.69. The highest BCUT2D eigenvalue weighted by Gasteiger charge is 2.15. The molecule has 0 amide bonds. The number of aromatic nitrogens is 2. The van der Waals surface area contributed by atoms with Crippen molar-refractivity contribution >= 4 is 29.0 Å². The SMILES string of the molecule is Fc1cc(-c2cc(NC3CCNCC3)n[nH]2)c(Cl)cc1Cl. The van der Waals surface area contributed by atoms with Gasteiger partial charge in [0.2, 0.25) is 0 Å². The average Bonchev–Trinajstić information content (AvgIpc) is 2.92. The van der Waals surface area contributed by atoms with Crippen molar-refractivity contribution in [3.63, 3.8) is 0 Å². The van der Waals surface area contributed by atoms with Crippen LogP contribution in [0.4, 0.5) is 10.2 Å². The largest absolute Gasteiger partial charge is 0.366 e. The topological polar surface area (TPSA) is 52.7 Å². The van der Waals surface area contributed by atoms with Gasteiger partial charge in [-0.2, -0.15) is 5.10 Å². The molecule has 21 heavy (non-hydrogen) atoms. The fraction of sp³-hybridized carbons (Fsp3) is 0.357. The number of piperidine rings is 1. The molecule has 0 bridgehead atoms. The number of benzene rings is 1. The van der Waals surface area contributed by atoms with Crippen molar-refractivity contribution in [1.82, 2.24) is 15.5 Å². The Labute approximate surface area is 132 Å². The van der Waals surface area contributed by atoms with Crippen molar-refractivity contribution in [2.45, 2.75) is 18.9 Å². The zero-order chi connectivity index (χ0) is 14.8. The molecule has 2 heterocycles. The summed E-state index contributed by atoms with van der Waals surface area (Å²) in [5, 5.41) is 14.2. The second-order valence-electron chi connectivity index (χ2n) is 5.08. The number of hydrogen-bond acceptors (Lipinski definition) is 3. The maximum Gasteiger partial charge on any atom is 0.148 e. The van der Waals surface area contributed by atoms with E-state index < -0.39 is 5.82 Å². The van der Waals surface area contributed by atoms with E-state index in [1.54, 1.807) is 0 Å². The fourth-order valence-corrected chi connectivity index (χ4v) is 2.92. The molecule has 0 spiro atoms. The Morgan fingerprint density at radius 2 is 1.90 bits per heavy atom. The van der Waals surface area contributed by atoms with E-state index in [1.807, 2.05) is 6.07 Å². The third kappa shape index (κ3) is 3.31. The highest BCUT2D eigenvalue weighted by Crippen LogP contribution is 2.32. The molecule has 1 saturated heterocycles. The lowest BCUT2D eigenvalue weighted by atomic mass is 10.1. The van der Waals surface area contributed by atoms with Crippen LogP contribution < -0.4 is 10.6 Å². The van der Waals surface area contributed by atoms with Gasteiger partial charge in [-0.05, 0) is 38.1 Å². The second-order valence-corrected chi connectivity index (χ2v) is 5.90. The van der Waals surface area contributed by atoms with Gasteiger partial charge in [0.05, 0.1) is 15.7 Å². The van der Waals surface area contributed by atoms with Gasteiger partial charge in [-0.15, -0.1) is 0 Å². The molecule has 4 nitrogen and oxygen atoms in total. The van der Waals surface area contributed by atoms with Crippen molar-refractivity contribution in [2.75, 3.05) is 18.4 Å². The lowest BCUT2D eigenvalue weighted by Crippen LogP contribution is -2.35. The summed E-state index contributed by atoms with van der Waals surface area (Å²) in [5.41, 5.74) is 1.21. The smallest absolute Gasteiger partial charge is 0.148 e. The number of rotatable bonds is 3. The fourth-order valence-electron chi connectivity index (χ4n) is 2.44. The molecular formula is C14H15Cl2FN4. The van der Waals surface area contributed by atoms with Crippen LogP contribution >= 0.6 is 23.2 Å². The average molecular weight is 329 g/mol. The summed E-state index contributed by atoms with van der Waals surface area (Å²) in [7, 11) is 0. The van der Waals surface area contributed by atoms with Crippen molar-refractivity contribution in [2.24, 2.45) is 0 Å². The van der Waals surface area contributed by atoms with Crippen LogP contribution in [0.5, 0.6) is 0 Å². The van der Waals surface area contributed by atoms with E-state index in [2.05, 4.69) is 20.8 Å². The molecule has 0 atom stereocenters. The van der Waals surface area contributed by atoms with E-state index in [4.69, 9.17) is 23.2 Å². The summed E-state index contributed by atoms with van der Waals surface area (Å²) in [6.07, 6.45) is 2.11. The summed E-state index contributed by atoms with van der Waals surface area (Å²) in [6, 6.07) is 4.94. The Morgan fingerprint density at radius 3 is 2.67 bits per heavy atom. The lowest BCUT2D eigenvalue weighted by molar-refractivity contribution is 0.478. The van der Waals surface area contributed by atoms with E-state index in [-0.39, 0.29) is 5.02 Å². The Kier molecular flexibility index (Phi) is 4.33. The summed E-state index contributed by atoms with van der Waals surface area (Å²) in [4.78, 5) is 0. The molecule has 1 aromatic carbocycles. The van der Waals surface area contributed by atoms with Gasteiger partial charge >= 0.3 is 0 Å². The Bertz CT molecular complexity index is 638. The number of nitrogens with zero attached hydrogens (tertiary/aromatic N) is 1. The van der Waals surface area contributed by atoms with Crippen molar-refractivity contribution in [3.05, 3.63) is 34.1 Å². The molecule has 0 unspecified atom stereocenters. The molecular weight excluding hydrogens is 314 g/mol. The van der Waals surface area contributed by atoms with Crippen LogP contribution in [-0.2, 0) is 0 Å². The van der Waals surface area contributed by atoms with Crippen molar-refractivity contribution in [3.8, 4) is 11.3 Å². The summed E-state index contributed by atoms with van der Waals surface area (Å²) < 4.78 is 13.6. The maximum absolute atomic E-state index is 13.6. The molecule has 0 aliphatic carbocycles.